The van der Waals surface area contributed by atoms with Crippen molar-refractivity contribution >= 4 is 22.1 Å². The van der Waals surface area contributed by atoms with Gasteiger partial charge in [0, 0.05) is 53.1 Å². The number of fused-ring (bicyclic) bond motifs is 3. The summed E-state index contributed by atoms with van der Waals surface area (Å²) in [5.41, 5.74) is -0.408. The highest BCUT2D eigenvalue weighted by Crippen LogP contribution is 2.37. The van der Waals surface area contributed by atoms with Crippen molar-refractivity contribution in [2.24, 2.45) is 0 Å². The molecule has 5 aromatic rings. The van der Waals surface area contributed by atoms with Crippen LogP contribution in [-0.2, 0) is 5.92 Å². The van der Waals surface area contributed by atoms with Crippen molar-refractivity contribution in [2.75, 3.05) is 0 Å². The number of alkyl halides is 2. The Morgan fingerprint density at radius 3 is 2.53 bits per heavy atom. The standard InChI is InChI=1S/C27H22F2N2O/c1-15-12-18(27(4,28)29)9-11-19(15)23-13-24(30-14-16(23)2)22-7-5-6-20-21-10-8-17(3)31-26(21)32-25(20)22/h5-14H,1-4H3/i1D3,2D3,3D3. The monoisotopic (exact) mass is 437 g/mol. The summed E-state index contributed by atoms with van der Waals surface area (Å²) >= 11 is 0. The SMILES string of the molecule is [2H]C([2H])([2H])c1ccc2c(n1)oc1c(-c3cc(-c4ccc(C(C)(F)F)cc4C([2H])([2H])[2H])c(C([2H])([2H])[2H])cn3)cccc12. The summed E-state index contributed by atoms with van der Waals surface area (Å²) in [6.07, 6.45) is 1.11. The van der Waals surface area contributed by atoms with Crippen LogP contribution in [0.25, 0.3) is 44.5 Å². The van der Waals surface area contributed by atoms with E-state index in [2.05, 4.69) is 9.97 Å². The van der Waals surface area contributed by atoms with Gasteiger partial charge in [-0.3, -0.25) is 4.98 Å². The molecule has 0 saturated carbocycles. The fraction of sp³-hybridized carbons (Fsp3) is 0.185. The number of aryl methyl sites for hydroxylation is 3. The molecular formula is C27H22F2N2O. The number of nitrogens with zero attached hydrogens (tertiary/aromatic N) is 2. The van der Waals surface area contributed by atoms with Gasteiger partial charge in [0.15, 0.2) is 0 Å². The molecule has 3 aromatic heterocycles. The molecule has 2 aromatic carbocycles. The summed E-state index contributed by atoms with van der Waals surface area (Å²) in [7, 11) is 0. The fourth-order valence-corrected chi connectivity index (χ4v) is 3.76. The first-order chi connectivity index (χ1) is 18.9. The average Bonchev–Trinajstić information content (AvgIpc) is 3.24. The van der Waals surface area contributed by atoms with E-state index in [1.807, 2.05) is 0 Å². The Morgan fingerprint density at radius 2 is 1.75 bits per heavy atom. The predicted octanol–water partition coefficient (Wildman–Crippen LogP) is 7.75. The fourth-order valence-electron chi connectivity index (χ4n) is 3.76. The van der Waals surface area contributed by atoms with Crippen LogP contribution in [0.3, 0.4) is 0 Å². The molecule has 3 heterocycles. The molecule has 5 rings (SSSR count). The van der Waals surface area contributed by atoms with Crippen LogP contribution in [0.15, 0.2) is 65.2 Å². The summed E-state index contributed by atoms with van der Waals surface area (Å²) in [5.74, 6) is -3.32. The Kier molecular flexibility index (Phi) is 2.81. The van der Waals surface area contributed by atoms with Crippen molar-refractivity contribution in [1.29, 1.82) is 0 Å². The lowest BCUT2D eigenvalue weighted by Crippen LogP contribution is -2.07. The number of rotatable bonds is 3. The van der Waals surface area contributed by atoms with E-state index in [1.165, 1.54) is 18.2 Å². The number of halogens is 2. The lowest BCUT2D eigenvalue weighted by Gasteiger charge is -2.15. The van der Waals surface area contributed by atoms with Gasteiger partial charge in [0.2, 0.25) is 5.71 Å². The largest absolute Gasteiger partial charge is 0.437 e. The first kappa shape index (κ1) is 12.4. The van der Waals surface area contributed by atoms with Crippen LogP contribution in [0, 0.1) is 20.6 Å². The predicted molar refractivity (Wildman–Crippen MR) is 124 cm³/mol. The molecule has 0 radical (unpaired) electrons. The lowest BCUT2D eigenvalue weighted by molar-refractivity contribution is 0.0174. The third-order valence-electron chi connectivity index (χ3n) is 5.36. The van der Waals surface area contributed by atoms with Gasteiger partial charge in [0.1, 0.15) is 5.58 Å². The van der Waals surface area contributed by atoms with Crippen molar-refractivity contribution < 1.29 is 25.5 Å². The van der Waals surface area contributed by atoms with Crippen LogP contribution in [0.2, 0.25) is 0 Å². The van der Waals surface area contributed by atoms with E-state index < -0.39 is 37.6 Å². The second-order valence-corrected chi connectivity index (χ2v) is 7.60. The molecule has 32 heavy (non-hydrogen) atoms. The lowest BCUT2D eigenvalue weighted by atomic mass is 9.93. The summed E-state index contributed by atoms with van der Waals surface area (Å²) in [6, 6.07) is 12.6. The highest BCUT2D eigenvalue weighted by molar-refractivity contribution is 6.08. The Hall–Kier alpha value is -3.60. The smallest absolute Gasteiger partial charge is 0.270 e. The second kappa shape index (κ2) is 7.23. The van der Waals surface area contributed by atoms with Gasteiger partial charge in [0.25, 0.3) is 5.92 Å². The van der Waals surface area contributed by atoms with Gasteiger partial charge in [-0.15, -0.1) is 0 Å². The van der Waals surface area contributed by atoms with Gasteiger partial charge in [-0.1, -0.05) is 24.3 Å². The van der Waals surface area contributed by atoms with Crippen LogP contribution in [-0.4, -0.2) is 9.97 Å². The van der Waals surface area contributed by atoms with Crippen molar-refractivity contribution in [2.45, 2.75) is 33.4 Å². The van der Waals surface area contributed by atoms with E-state index in [-0.39, 0.29) is 33.8 Å². The first-order valence-corrected chi connectivity index (χ1v) is 9.72. The number of benzene rings is 2. The van der Waals surface area contributed by atoms with Crippen LogP contribution >= 0.6 is 0 Å². The maximum absolute atomic E-state index is 14.1. The van der Waals surface area contributed by atoms with Gasteiger partial charge >= 0.3 is 0 Å². The molecule has 0 amide bonds. The highest BCUT2D eigenvalue weighted by Gasteiger charge is 2.25. The Labute approximate surface area is 197 Å². The van der Waals surface area contributed by atoms with E-state index in [0.29, 0.717) is 28.8 Å². The number of hydrogen-bond acceptors (Lipinski definition) is 3. The number of furan rings is 1. The summed E-state index contributed by atoms with van der Waals surface area (Å²) in [6.45, 7) is -7.35. The maximum Gasteiger partial charge on any atom is 0.270 e. The third-order valence-corrected chi connectivity index (χ3v) is 5.36. The van der Waals surface area contributed by atoms with Crippen LogP contribution in [0.1, 0.15) is 41.6 Å². The zero-order valence-electron chi connectivity index (χ0n) is 25.8. The van der Waals surface area contributed by atoms with E-state index in [9.17, 15) is 8.78 Å². The Balaban J connectivity index is 1.78. The number of para-hydroxylation sites is 1. The van der Waals surface area contributed by atoms with E-state index >= 15 is 0 Å². The molecule has 0 aliphatic rings. The van der Waals surface area contributed by atoms with Crippen molar-refractivity contribution in [3.8, 4) is 22.4 Å². The molecule has 5 heteroatoms. The summed E-state index contributed by atoms with van der Waals surface area (Å²) in [5, 5.41) is 1.15. The summed E-state index contributed by atoms with van der Waals surface area (Å²) in [4.78, 5) is 8.49. The van der Waals surface area contributed by atoms with E-state index in [4.69, 9.17) is 16.8 Å². The first-order valence-electron chi connectivity index (χ1n) is 14.2. The quantitative estimate of drug-likeness (QED) is 0.290. The zero-order valence-corrected chi connectivity index (χ0v) is 16.8. The van der Waals surface area contributed by atoms with Gasteiger partial charge in [-0.25, -0.2) is 13.8 Å². The van der Waals surface area contributed by atoms with Crippen LogP contribution < -0.4 is 0 Å². The molecule has 0 N–H and O–H groups in total. The molecule has 0 bridgehead atoms. The van der Waals surface area contributed by atoms with Gasteiger partial charge < -0.3 is 4.42 Å². The highest BCUT2D eigenvalue weighted by atomic mass is 19.3. The van der Waals surface area contributed by atoms with Crippen LogP contribution in [0.5, 0.6) is 0 Å². The van der Waals surface area contributed by atoms with E-state index in [0.717, 1.165) is 18.3 Å². The molecule has 0 aliphatic heterocycles. The molecule has 3 nitrogen and oxygen atoms in total. The molecule has 0 atom stereocenters. The average molecular weight is 438 g/mol. The van der Waals surface area contributed by atoms with Crippen molar-refractivity contribution in [3.05, 3.63) is 83.2 Å². The van der Waals surface area contributed by atoms with Gasteiger partial charge in [-0.05, 0) is 73.1 Å². The van der Waals surface area contributed by atoms with Crippen molar-refractivity contribution in [3.63, 3.8) is 0 Å². The minimum Gasteiger partial charge on any atom is -0.437 e. The number of hydrogen-bond donors (Lipinski definition) is 0. The molecule has 0 spiro atoms. The van der Waals surface area contributed by atoms with Gasteiger partial charge in [0.05, 0.1) is 5.69 Å². The molecular weight excluding hydrogens is 406 g/mol. The van der Waals surface area contributed by atoms with Gasteiger partial charge in [-0.2, -0.15) is 0 Å². The zero-order chi connectivity index (χ0) is 30.1. The Morgan fingerprint density at radius 1 is 0.875 bits per heavy atom. The number of aromatic nitrogens is 2. The molecule has 0 aliphatic carbocycles. The third kappa shape index (κ3) is 3.34. The molecule has 0 fully saturated rings. The maximum atomic E-state index is 14.1. The number of pyridine rings is 2. The molecule has 0 saturated heterocycles. The topological polar surface area (TPSA) is 38.9 Å². The normalized spacial score (nSPS) is 17.4. The molecule has 160 valence electrons. The molecule has 0 unspecified atom stereocenters. The van der Waals surface area contributed by atoms with E-state index in [1.54, 1.807) is 24.3 Å². The minimum atomic E-state index is -3.32. The summed E-state index contributed by atoms with van der Waals surface area (Å²) < 4.78 is 105. The van der Waals surface area contributed by atoms with Crippen molar-refractivity contribution in [1.82, 2.24) is 9.97 Å². The van der Waals surface area contributed by atoms with Crippen LogP contribution in [0.4, 0.5) is 8.78 Å². The minimum absolute atomic E-state index is 0.0111. The Bertz CT molecular complexity index is 1800. The second-order valence-electron chi connectivity index (χ2n) is 7.60.